The largest absolute Gasteiger partial charge is 0.456 e. The molecule has 10 aromatic carbocycles. The predicted molar refractivity (Wildman–Crippen MR) is 250 cm³/mol. The molecule has 282 valence electrons. The fourth-order valence-electron chi connectivity index (χ4n) is 9.10. The number of nitrogens with zero attached hydrogens (tertiary/aromatic N) is 2. The molecular formula is C56H36N2O2. The molecule has 0 atom stereocenters. The van der Waals surface area contributed by atoms with E-state index in [1.165, 1.54) is 32.3 Å². The smallest absolute Gasteiger partial charge is 0.136 e. The maximum absolute atomic E-state index is 6.52. The van der Waals surface area contributed by atoms with Gasteiger partial charge in [-0.3, -0.25) is 0 Å². The van der Waals surface area contributed by atoms with Crippen molar-refractivity contribution in [3.63, 3.8) is 0 Å². The number of anilines is 6. The quantitative estimate of drug-likeness (QED) is 0.144. The molecule has 0 bridgehead atoms. The maximum Gasteiger partial charge on any atom is 0.136 e. The number of hydrogen-bond donors (Lipinski definition) is 0. The van der Waals surface area contributed by atoms with Crippen LogP contribution in [0.2, 0.25) is 0 Å². The van der Waals surface area contributed by atoms with Crippen LogP contribution in [0, 0.1) is 0 Å². The summed E-state index contributed by atoms with van der Waals surface area (Å²) in [6, 6.07) is 77.3. The Morgan fingerprint density at radius 3 is 1.07 bits per heavy atom. The lowest BCUT2D eigenvalue weighted by molar-refractivity contribution is 0.631. The van der Waals surface area contributed by atoms with E-state index in [0.29, 0.717) is 0 Å². The third-order valence-electron chi connectivity index (χ3n) is 11.8. The van der Waals surface area contributed by atoms with Gasteiger partial charge in [-0.1, -0.05) is 146 Å². The maximum atomic E-state index is 6.52. The number of para-hydroxylation sites is 2. The summed E-state index contributed by atoms with van der Waals surface area (Å²) in [6.45, 7) is 0. The van der Waals surface area contributed by atoms with Gasteiger partial charge in [-0.05, 0) is 94.3 Å². The standard InChI is InChI=1S/C56H36N2O2/c1-5-15-37(16-6-1)53-35-45-47(23-13-25-51(45)59-53)57(41-19-9-3-10-20-41)49-33-29-39-28-32-44-50(34-30-40-27-31-43(49)55(39)56(40)44)58(42-21-11-4-12-22-42)48-24-14-26-52-46(48)36-54(60-52)38-17-7-2-8-18-38/h1-36H. The molecule has 4 heteroatoms. The van der Waals surface area contributed by atoms with Crippen molar-refractivity contribution in [3.8, 4) is 22.6 Å². The molecule has 0 aliphatic carbocycles. The summed E-state index contributed by atoms with van der Waals surface area (Å²) >= 11 is 0. The summed E-state index contributed by atoms with van der Waals surface area (Å²) in [7, 11) is 0. The molecule has 60 heavy (non-hydrogen) atoms. The topological polar surface area (TPSA) is 32.8 Å². The normalized spacial score (nSPS) is 11.7. The minimum absolute atomic E-state index is 0.846. The fourth-order valence-corrected chi connectivity index (χ4v) is 9.10. The van der Waals surface area contributed by atoms with Crippen LogP contribution >= 0.6 is 0 Å². The molecule has 0 N–H and O–H groups in total. The molecule has 0 aliphatic heterocycles. The van der Waals surface area contributed by atoms with E-state index in [0.717, 1.165) is 78.7 Å². The number of rotatable bonds is 8. The Morgan fingerprint density at radius 1 is 0.283 bits per heavy atom. The van der Waals surface area contributed by atoms with Gasteiger partial charge in [0.2, 0.25) is 0 Å². The second-order valence-electron chi connectivity index (χ2n) is 15.3. The highest BCUT2D eigenvalue weighted by Crippen LogP contribution is 2.50. The summed E-state index contributed by atoms with van der Waals surface area (Å²) in [5.74, 6) is 1.69. The van der Waals surface area contributed by atoms with E-state index in [-0.39, 0.29) is 0 Å². The summed E-state index contributed by atoms with van der Waals surface area (Å²) in [4.78, 5) is 4.78. The molecule has 2 aromatic heterocycles. The third kappa shape index (κ3) is 5.46. The van der Waals surface area contributed by atoms with Gasteiger partial charge in [0.25, 0.3) is 0 Å². The fraction of sp³-hybridized carbons (Fsp3) is 0. The van der Waals surface area contributed by atoms with Crippen molar-refractivity contribution in [2.45, 2.75) is 0 Å². The summed E-state index contributed by atoms with van der Waals surface area (Å²) < 4.78 is 13.0. The van der Waals surface area contributed by atoms with Crippen LogP contribution in [0.25, 0.3) is 76.9 Å². The van der Waals surface area contributed by atoms with Crippen molar-refractivity contribution in [2.24, 2.45) is 0 Å². The zero-order valence-electron chi connectivity index (χ0n) is 32.5. The summed E-state index contributed by atoms with van der Waals surface area (Å²) in [5, 5.41) is 9.30. The van der Waals surface area contributed by atoms with Crippen molar-refractivity contribution in [1.29, 1.82) is 0 Å². The molecule has 0 saturated heterocycles. The molecule has 2 heterocycles. The molecule has 4 nitrogen and oxygen atoms in total. The number of fused-ring (bicyclic) bond motifs is 2. The van der Waals surface area contributed by atoms with Crippen LogP contribution in [0.15, 0.2) is 227 Å². The first kappa shape index (κ1) is 34.0. The van der Waals surface area contributed by atoms with Crippen molar-refractivity contribution < 1.29 is 8.83 Å². The van der Waals surface area contributed by atoms with Crippen LogP contribution in [0.1, 0.15) is 0 Å². The minimum atomic E-state index is 0.846. The molecule has 12 aromatic rings. The van der Waals surface area contributed by atoms with Crippen LogP contribution in [0.5, 0.6) is 0 Å². The van der Waals surface area contributed by atoms with Gasteiger partial charge in [-0.15, -0.1) is 0 Å². The Kier molecular flexibility index (Phi) is 7.82. The van der Waals surface area contributed by atoms with E-state index in [4.69, 9.17) is 8.83 Å². The van der Waals surface area contributed by atoms with Crippen LogP contribution in [0.4, 0.5) is 34.1 Å². The highest BCUT2D eigenvalue weighted by molar-refractivity contribution is 6.28. The minimum Gasteiger partial charge on any atom is -0.456 e. The monoisotopic (exact) mass is 768 g/mol. The Bertz CT molecular complexity index is 3250. The van der Waals surface area contributed by atoms with Gasteiger partial charge in [-0.2, -0.15) is 0 Å². The lowest BCUT2D eigenvalue weighted by atomic mass is 9.91. The first-order valence-electron chi connectivity index (χ1n) is 20.3. The number of hydrogen-bond acceptors (Lipinski definition) is 4. The van der Waals surface area contributed by atoms with Gasteiger partial charge in [0, 0.05) is 44.0 Å². The Labute approximate surface area is 346 Å². The SMILES string of the molecule is c1ccc(-c2cc3c(N(c4ccccc4)c4ccc5ccc6c(N(c7ccccc7)c7cccc8oc(-c9ccccc9)cc78)ccc7ccc4c5c76)cccc3o2)cc1. The van der Waals surface area contributed by atoms with E-state index < -0.39 is 0 Å². The average molecular weight is 769 g/mol. The van der Waals surface area contributed by atoms with Crippen molar-refractivity contribution in [2.75, 3.05) is 9.80 Å². The highest BCUT2D eigenvalue weighted by atomic mass is 16.3. The first-order valence-corrected chi connectivity index (χ1v) is 20.3. The van der Waals surface area contributed by atoms with Gasteiger partial charge in [0.05, 0.1) is 22.7 Å². The van der Waals surface area contributed by atoms with Crippen LogP contribution in [-0.4, -0.2) is 0 Å². The second kappa shape index (κ2) is 13.8. The predicted octanol–water partition coefficient (Wildman–Crippen LogP) is 16.3. The molecule has 0 amide bonds. The molecule has 0 saturated carbocycles. The Hall–Kier alpha value is -8.08. The van der Waals surface area contributed by atoms with Crippen LogP contribution in [0.3, 0.4) is 0 Å². The van der Waals surface area contributed by atoms with Crippen LogP contribution in [-0.2, 0) is 0 Å². The average Bonchev–Trinajstić information content (AvgIpc) is 3.97. The van der Waals surface area contributed by atoms with E-state index in [2.05, 4.69) is 216 Å². The van der Waals surface area contributed by atoms with Crippen molar-refractivity contribution in [1.82, 2.24) is 0 Å². The third-order valence-corrected chi connectivity index (χ3v) is 11.8. The van der Waals surface area contributed by atoms with Gasteiger partial charge in [0.15, 0.2) is 0 Å². The van der Waals surface area contributed by atoms with Crippen LogP contribution < -0.4 is 9.80 Å². The lowest BCUT2D eigenvalue weighted by Gasteiger charge is -2.29. The Balaban J connectivity index is 1.09. The molecular weight excluding hydrogens is 733 g/mol. The van der Waals surface area contributed by atoms with E-state index in [1.54, 1.807) is 0 Å². The second-order valence-corrected chi connectivity index (χ2v) is 15.3. The number of benzene rings is 10. The summed E-state index contributed by atoms with van der Waals surface area (Å²) in [5.41, 5.74) is 10.2. The van der Waals surface area contributed by atoms with Gasteiger partial charge >= 0.3 is 0 Å². The lowest BCUT2D eigenvalue weighted by Crippen LogP contribution is -2.11. The molecule has 0 aliphatic rings. The van der Waals surface area contributed by atoms with Gasteiger partial charge in [-0.25, -0.2) is 0 Å². The Morgan fingerprint density at radius 2 is 0.650 bits per heavy atom. The molecule has 0 unspecified atom stereocenters. The number of furan rings is 2. The summed E-state index contributed by atoms with van der Waals surface area (Å²) in [6.07, 6.45) is 0. The van der Waals surface area contributed by atoms with E-state index in [1.807, 2.05) is 12.1 Å². The van der Waals surface area contributed by atoms with Gasteiger partial charge < -0.3 is 18.6 Å². The van der Waals surface area contributed by atoms with Crippen molar-refractivity contribution >= 4 is 88.4 Å². The highest BCUT2D eigenvalue weighted by Gasteiger charge is 2.24. The van der Waals surface area contributed by atoms with E-state index >= 15 is 0 Å². The molecule has 0 fully saturated rings. The first-order chi connectivity index (χ1) is 29.8. The van der Waals surface area contributed by atoms with Crippen molar-refractivity contribution in [3.05, 3.63) is 218 Å². The van der Waals surface area contributed by atoms with E-state index in [9.17, 15) is 0 Å². The zero-order chi connectivity index (χ0) is 39.6. The molecule has 0 radical (unpaired) electrons. The molecule has 0 spiro atoms. The zero-order valence-corrected chi connectivity index (χ0v) is 32.5. The molecule has 12 rings (SSSR count). The van der Waals surface area contributed by atoms with Gasteiger partial charge in [0.1, 0.15) is 22.7 Å².